The number of aromatic nitrogens is 1. The van der Waals surface area contributed by atoms with Crippen molar-refractivity contribution in [2.75, 3.05) is 32.2 Å². The Balaban J connectivity index is 2.57. The molecule has 24 heavy (non-hydrogen) atoms. The molecule has 1 aromatic heterocycles. The minimum atomic E-state index is -0.672. The molecule has 1 unspecified atom stereocenters. The van der Waals surface area contributed by atoms with Crippen molar-refractivity contribution in [1.82, 2.24) is 9.88 Å². The third kappa shape index (κ3) is 6.80. The number of ether oxygens (including phenoxy) is 2. The second kappa shape index (κ2) is 10.4. The lowest BCUT2D eigenvalue weighted by atomic mass is 10.3. The van der Waals surface area contributed by atoms with Gasteiger partial charge >= 0.3 is 12.0 Å². The molecule has 0 radical (unpaired) electrons. The van der Waals surface area contributed by atoms with E-state index in [2.05, 4.69) is 10.6 Å². The molecule has 0 aliphatic heterocycles. The molecule has 9 heteroatoms. The number of carbonyl (C=O) groups is 2. The summed E-state index contributed by atoms with van der Waals surface area (Å²) >= 11 is 0. The fraction of sp³-hybridized carbons (Fsp3) is 0.533. The second-order valence-electron chi connectivity index (χ2n) is 4.94. The normalized spacial score (nSPS) is 11.6. The summed E-state index contributed by atoms with van der Waals surface area (Å²) in [6.45, 7) is 2.07. The molecule has 1 aromatic rings. The van der Waals surface area contributed by atoms with Gasteiger partial charge in [0.25, 0.3) is 5.56 Å². The zero-order valence-electron chi connectivity index (χ0n) is 13.8. The Kier molecular flexibility index (Phi) is 8.52. The van der Waals surface area contributed by atoms with Crippen LogP contribution in [-0.2, 0) is 20.8 Å². The van der Waals surface area contributed by atoms with Crippen molar-refractivity contribution < 1.29 is 24.2 Å². The molecule has 134 valence electrons. The minimum Gasteiger partial charge on any atom is -0.465 e. The third-order valence-corrected chi connectivity index (χ3v) is 3.00. The largest absolute Gasteiger partial charge is 0.465 e. The number of nitrogens with one attached hydrogen (secondary N) is 2. The summed E-state index contributed by atoms with van der Waals surface area (Å²) in [5, 5.41) is 14.4. The van der Waals surface area contributed by atoms with Gasteiger partial charge in [-0.2, -0.15) is 0 Å². The summed E-state index contributed by atoms with van der Waals surface area (Å²) in [5.41, 5.74) is -0.475. The molecular formula is C15H23N3O6. The molecule has 0 fully saturated rings. The Labute approximate surface area is 139 Å². The standard InChI is InChI=1S/C15H23N3O6/c1-3-24-13(20)9-18-8-4-5-12(14(18)21)17-15(22)16-7-6-11(19)10-23-2/h4-5,8,11,19H,3,6-7,9-10H2,1-2H3,(H2,16,17,22). The molecule has 3 N–H and O–H groups in total. The highest BCUT2D eigenvalue weighted by Crippen LogP contribution is 1.99. The molecule has 1 heterocycles. The van der Waals surface area contributed by atoms with E-state index in [1.165, 1.54) is 19.4 Å². The SMILES string of the molecule is CCOC(=O)Cn1cccc(NC(=O)NCCC(O)COC)c1=O. The van der Waals surface area contributed by atoms with Crippen LogP contribution in [-0.4, -0.2) is 54.6 Å². The number of amides is 2. The summed E-state index contributed by atoms with van der Waals surface area (Å²) in [5.74, 6) is -0.534. The molecule has 0 aromatic carbocycles. The van der Waals surface area contributed by atoms with Crippen LogP contribution in [0.3, 0.4) is 0 Å². The van der Waals surface area contributed by atoms with Gasteiger partial charge in [0.1, 0.15) is 12.2 Å². The zero-order chi connectivity index (χ0) is 17.9. The summed E-state index contributed by atoms with van der Waals surface area (Å²) in [6.07, 6.45) is 1.08. The molecule has 1 rings (SSSR count). The van der Waals surface area contributed by atoms with E-state index in [-0.39, 0.29) is 32.0 Å². The Morgan fingerprint density at radius 3 is 2.83 bits per heavy atom. The Bertz CT molecular complexity index is 601. The van der Waals surface area contributed by atoms with Crippen LogP contribution in [0.15, 0.2) is 23.1 Å². The van der Waals surface area contributed by atoms with Gasteiger partial charge in [-0.1, -0.05) is 0 Å². The first-order valence-electron chi connectivity index (χ1n) is 7.54. The highest BCUT2D eigenvalue weighted by Gasteiger charge is 2.11. The molecule has 0 bridgehead atoms. The lowest BCUT2D eigenvalue weighted by molar-refractivity contribution is -0.143. The first kappa shape index (κ1) is 19.7. The maximum absolute atomic E-state index is 12.2. The highest BCUT2D eigenvalue weighted by molar-refractivity contribution is 5.88. The van der Waals surface area contributed by atoms with Gasteiger partial charge < -0.3 is 29.8 Å². The van der Waals surface area contributed by atoms with E-state index in [4.69, 9.17) is 9.47 Å². The van der Waals surface area contributed by atoms with E-state index in [0.717, 1.165) is 4.57 Å². The van der Waals surface area contributed by atoms with Crippen molar-refractivity contribution in [2.45, 2.75) is 26.0 Å². The van der Waals surface area contributed by atoms with Gasteiger partial charge in [0.2, 0.25) is 0 Å². The van der Waals surface area contributed by atoms with Gasteiger partial charge in [-0.25, -0.2) is 4.79 Å². The smallest absolute Gasteiger partial charge is 0.326 e. The van der Waals surface area contributed by atoms with Crippen molar-refractivity contribution in [3.05, 3.63) is 28.7 Å². The topological polar surface area (TPSA) is 119 Å². The Morgan fingerprint density at radius 2 is 2.17 bits per heavy atom. The molecular weight excluding hydrogens is 318 g/mol. The van der Waals surface area contributed by atoms with Crippen LogP contribution in [0.5, 0.6) is 0 Å². The van der Waals surface area contributed by atoms with E-state index < -0.39 is 23.7 Å². The van der Waals surface area contributed by atoms with Crippen LogP contribution >= 0.6 is 0 Å². The predicted octanol–water partition coefficient (Wildman–Crippen LogP) is -0.0697. The van der Waals surface area contributed by atoms with Gasteiger partial charge in [0, 0.05) is 19.9 Å². The molecule has 1 atom stereocenters. The maximum Gasteiger partial charge on any atom is 0.326 e. The molecule has 0 spiro atoms. The van der Waals surface area contributed by atoms with Crippen molar-refractivity contribution in [1.29, 1.82) is 0 Å². The number of rotatable bonds is 9. The fourth-order valence-electron chi connectivity index (χ4n) is 1.90. The Morgan fingerprint density at radius 1 is 1.42 bits per heavy atom. The quantitative estimate of drug-likeness (QED) is 0.541. The number of urea groups is 1. The van der Waals surface area contributed by atoms with Crippen LogP contribution < -0.4 is 16.2 Å². The van der Waals surface area contributed by atoms with Gasteiger partial charge in [-0.05, 0) is 25.5 Å². The highest BCUT2D eigenvalue weighted by atomic mass is 16.5. The average molecular weight is 341 g/mol. The summed E-state index contributed by atoms with van der Waals surface area (Å²) in [7, 11) is 1.47. The molecule has 0 aliphatic carbocycles. The van der Waals surface area contributed by atoms with E-state index in [9.17, 15) is 19.5 Å². The van der Waals surface area contributed by atoms with Gasteiger partial charge in [0.05, 0.1) is 19.3 Å². The number of anilines is 1. The van der Waals surface area contributed by atoms with Crippen molar-refractivity contribution in [3.8, 4) is 0 Å². The van der Waals surface area contributed by atoms with Crippen molar-refractivity contribution in [2.24, 2.45) is 0 Å². The second-order valence-corrected chi connectivity index (χ2v) is 4.94. The first-order chi connectivity index (χ1) is 11.5. The molecule has 2 amide bonds. The van der Waals surface area contributed by atoms with Gasteiger partial charge in [-0.3, -0.25) is 9.59 Å². The number of aliphatic hydroxyl groups is 1. The minimum absolute atomic E-state index is 0.0386. The fourth-order valence-corrected chi connectivity index (χ4v) is 1.90. The number of nitrogens with zero attached hydrogens (tertiary/aromatic N) is 1. The number of esters is 1. The zero-order valence-corrected chi connectivity index (χ0v) is 13.8. The summed E-state index contributed by atoms with van der Waals surface area (Å²) in [4.78, 5) is 35.4. The lowest BCUT2D eigenvalue weighted by Crippen LogP contribution is -2.35. The molecule has 0 aliphatic rings. The van der Waals surface area contributed by atoms with Crippen LogP contribution in [0.1, 0.15) is 13.3 Å². The number of pyridine rings is 1. The van der Waals surface area contributed by atoms with Gasteiger partial charge in [-0.15, -0.1) is 0 Å². The van der Waals surface area contributed by atoms with E-state index in [1.807, 2.05) is 0 Å². The van der Waals surface area contributed by atoms with Crippen LogP contribution in [0.2, 0.25) is 0 Å². The van der Waals surface area contributed by atoms with Crippen molar-refractivity contribution in [3.63, 3.8) is 0 Å². The van der Waals surface area contributed by atoms with E-state index in [1.54, 1.807) is 13.0 Å². The maximum atomic E-state index is 12.2. The number of methoxy groups -OCH3 is 1. The van der Waals surface area contributed by atoms with Crippen LogP contribution in [0.25, 0.3) is 0 Å². The number of hydrogen-bond donors (Lipinski definition) is 3. The third-order valence-electron chi connectivity index (χ3n) is 3.00. The van der Waals surface area contributed by atoms with Gasteiger partial charge in [0.15, 0.2) is 0 Å². The lowest BCUT2D eigenvalue weighted by Gasteiger charge is -2.11. The monoisotopic (exact) mass is 341 g/mol. The van der Waals surface area contributed by atoms with E-state index >= 15 is 0 Å². The number of hydrogen-bond acceptors (Lipinski definition) is 6. The Hall–Kier alpha value is -2.39. The first-order valence-corrected chi connectivity index (χ1v) is 7.54. The van der Waals surface area contributed by atoms with E-state index in [0.29, 0.717) is 6.42 Å². The summed E-state index contributed by atoms with van der Waals surface area (Å²) < 4.78 is 10.7. The number of carbonyl (C=O) groups excluding carboxylic acids is 2. The predicted molar refractivity (Wildman–Crippen MR) is 86.9 cm³/mol. The van der Waals surface area contributed by atoms with Crippen LogP contribution in [0.4, 0.5) is 10.5 Å². The summed E-state index contributed by atoms with van der Waals surface area (Å²) in [6, 6.07) is 2.40. The molecule has 9 nitrogen and oxygen atoms in total. The average Bonchev–Trinajstić information content (AvgIpc) is 2.52. The molecule has 0 saturated heterocycles. The number of aliphatic hydroxyl groups excluding tert-OH is 1. The van der Waals surface area contributed by atoms with Crippen molar-refractivity contribution >= 4 is 17.7 Å². The molecule has 0 saturated carbocycles. The van der Waals surface area contributed by atoms with Crippen LogP contribution in [0, 0.1) is 0 Å².